The van der Waals surface area contributed by atoms with E-state index in [1.807, 2.05) is 0 Å². The van der Waals surface area contributed by atoms with Gasteiger partial charge in [0.15, 0.2) is 0 Å². The lowest BCUT2D eigenvalue weighted by atomic mass is 9.78. The van der Waals surface area contributed by atoms with Crippen LogP contribution >= 0.6 is 11.3 Å². The molecule has 3 aromatic rings. The monoisotopic (exact) mass is 811 g/mol. The van der Waals surface area contributed by atoms with Gasteiger partial charge in [-0.05, 0) is 69.1 Å². The van der Waals surface area contributed by atoms with Gasteiger partial charge in [0, 0.05) is 55.7 Å². The number of piperidine rings is 2. The molecule has 10 nitrogen and oxygen atoms in total. The minimum absolute atomic E-state index is 0.0242. The minimum atomic E-state index is -4.92. The molecule has 0 bridgehead atoms. The number of alkyl halides is 6. The highest BCUT2D eigenvalue weighted by Crippen LogP contribution is 2.45. The molecule has 0 spiro atoms. The van der Waals surface area contributed by atoms with Crippen molar-refractivity contribution >= 4 is 29.1 Å². The number of halogens is 6. The maximum atomic E-state index is 15.0. The Morgan fingerprint density at radius 3 is 2.38 bits per heavy atom. The predicted octanol–water partition coefficient (Wildman–Crippen LogP) is 7.94. The largest absolute Gasteiger partial charge is 0.490 e. The summed E-state index contributed by atoms with van der Waals surface area (Å²) >= 11 is 0.365. The van der Waals surface area contributed by atoms with Crippen LogP contribution in [0.3, 0.4) is 0 Å². The second kappa shape index (κ2) is 16.2. The Bertz CT molecular complexity index is 1900. The van der Waals surface area contributed by atoms with E-state index in [4.69, 9.17) is 9.47 Å². The summed E-state index contributed by atoms with van der Waals surface area (Å²) in [5.74, 6) is -2.48. The topological polar surface area (TPSA) is 130 Å². The minimum Gasteiger partial charge on any atom is -0.490 e. The molecule has 1 saturated carbocycles. The van der Waals surface area contributed by atoms with Gasteiger partial charge in [-0.1, -0.05) is 31.5 Å². The molecular weight excluding hydrogens is 768 g/mol. The molecule has 4 heterocycles. The number of thiophene rings is 1. The zero-order chi connectivity index (χ0) is 40.5. The fourth-order valence-corrected chi connectivity index (χ4v) is 9.07. The third-order valence-corrected chi connectivity index (χ3v) is 12.0. The normalized spacial score (nSPS) is 24.2. The fourth-order valence-electron chi connectivity index (χ4n) is 8.39. The first-order chi connectivity index (χ1) is 26.4. The molecule has 2 aliphatic heterocycles. The number of hydrogen-bond acceptors (Lipinski definition) is 8. The van der Waals surface area contributed by atoms with Crippen molar-refractivity contribution in [3.8, 4) is 11.5 Å². The number of likely N-dealkylation sites (tertiary alicyclic amines) is 2. The first-order valence-electron chi connectivity index (χ1n) is 18.6. The summed E-state index contributed by atoms with van der Waals surface area (Å²) < 4.78 is 95.9. The highest BCUT2D eigenvalue weighted by atomic mass is 32.1. The van der Waals surface area contributed by atoms with Crippen LogP contribution in [0.5, 0.6) is 11.5 Å². The second-order valence-corrected chi connectivity index (χ2v) is 15.7. The Kier molecular flexibility index (Phi) is 12.0. The Balaban J connectivity index is 1.30. The summed E-state index contributed by atoms with van der Waals surface area (Å²) in [4.78, 5) is 45.6. The third kappa shape index (κ3) is 8.62. The summed E-state index contributed by atoms with van der Waals surface area (Å²) in [5.41, 5.74) is -5.08. The molecule has 4 unspecified atom stereocenters. The number of carbonyl (C=O) groups is 3. The van der Waals surface area contributed by atoms with E-state index in [1.54, 1.807) is 31.2 Å². The number of aliphatic hydroxyl groups is 1. The average molecular weight is 812 g/mol. The summed E-state index contributed by atoms with van der Waals surface area (Å²) in [6.07, 6.45) is -6.37. The van der Waals surface area contributed by atoms with Gasteiger partial charge in [-0.2, -0.15) is 26.3 Å². The molecule has 4 atom stereocenters. The van der Waals surface area contributed by atoms with Crippen LogP contribution in [0.1, 0.15) is 97.6 Å². The lowest BCUT2D eigenvalue weighted by molar-refractivity contribution is -0.163. The lowest BCUT2D eigenvalue weighted by Crippen LogP contribution is -2.68. The number of aromatic nitrogens is 1. The van der Waals surface area contributed by atoms with E-state index in [-0.39, 0.29) is 75.9 Å². The Morgan fingerprint density at radius 2 is 1.71 bits per heavy atom. The van der Waals surface area contributed by atoms with E-state index >= 15 is 0 Å². The van der Waals surface area contributed by atoms with Crippen LogP contribution in [-0.2, 0) is 27.5 Å². The van der Waals surface area contributed by atoms with Crippen molar-refractivity contribution in [1.82, 2.24) is 14.8 Å². The van der Waals surface area contributed by atoms with E-state index in [0.717, 1.165) is 34.7 Å². The van der Waals surface area contributed by atoms with Crippen LogP contribution in [0.2, 0.25) is 0 Å². The molecule has 3 fully saturated rings. The van der Waals surface area contributed by atoms with Crippen LogP contribution < -0.4 is 9.47 Å². The number of rotatable bonds is 11. The van der Waals surface area contributed by atoms with Gasteiger partial charge in [-0.25, -0.2) is 0 Å². The number of carboxylic acid groups (broad SMARTS) is 1. The van der Waals surface area contributed by atoms with Gasteiger partial charge in [0.2, 0.25) is 5.60 Å². The highest BCUT2D eigenvalue weighted by molar-refractivity contribution is 7.10. The molecule has 56 heavy (non-hydrogen) atoms. The summed E-state index contributed by atoms with van der Waals surface area (Å²) in [6, 6.07) is 8.32. The summed E-state index contributed by atoms with van der Waals surface area (Å²) in [7, 11) is 0. The van der Waals surface area contributed by atoms with Gasteiger partial charge in [0.05, 0.1) is 23.3 Å². The van der Waals surface area contributed by atoms with E-state index in [9.17, 15) is 50.9 Å². The number of para-hydroxylation sites is 1. The van der Waals surface area contributed by atoms with Crippen LogP contribution in [0.4, 0.5) is 26.3 Å². The van der Waals surface area contributed by atoms with Crippen LogP contribution in [-0.4, -0.2) is 80.2 Å². The van der Waals surface area contributed by atoms with Crippen molar-refractivity contribution in [2.75, 3.05) is 19.6 Å². The SMILES string of the molecule is CCCC1N(C(=O)c2ncccc2C(F)(F)F)CCCC1(Oc1csc(C(F)(F)F)c1)C(=O)N1CCC(O)(c2ccccc2OC2CCC(CC(=O)O)C2)CC1. The molecule has 2 N–H and O–H groups in total. The van der Waals surface area contributed by atoms with Gasteiger partial charge in [-0.15, -0.1) is 11.3 Å². The number of hydrogen-bond donors (Lipinski definition) is 2. The molecular formula is C39H43F6N3O7S. The molecule has 6 rings (SSSR count). The summed E-state index contributed by atoms with van der Waals surface area (Å²) in [5, 5.41) is 22.4. The molecule has 304 valence electrons. The molecule has 17 heteroatoms. The van der Waals surface area contributed by atoms with Gasteiger partial charge in [0.1, 0.15) is 22.1 Å². The fraction of sp³-hybridized carbons (Fsp3) is 0.538. The molecule has 1 aliphatic carbocycles. The van der Waals surface area contributed by atoms with Crippen LogP contribution in [0.25, 0.3) is 0 Å². The molecule has 2 amide bonds. The Hall–Kier alpha value is -4.38. The average Bonchev–Trinajstić information content (AvgIpc) is 3.81. The number of benzene rings is 1. The molecule has 3 aliphatic rings. The van der Waals surface area contributed by atoms with Crippen LogP contribution in [0.15, 0.2) is 54.0 Å². The van der Waals surface area contributed by atoms with Gasteiger partial charge >= 0.3 is 18.3 Å². The Morgan fingerprint density at radius 1 is 0.982 bits per heavy atom. The number of aliphatic carboxylic acids is 1. The Labute approximate surface area is 323 Å². The quantitative estimate of drug-likeness (QED) is 0.187. The lowest BCUT2D eigenvalue weighted by Gasteiger charge is -2.51. The molecule has 0 radical (unpaired) electrons. The molecule has 2 saturated heterocycles. The van der Waals surface area contributed by atoms with Crippen molar-refractivity contribution in [2.45, 2.75) is 107 Å². The number of nitrogens with zero attached hydrogens (tertiary/aromatic N) is 3. The first kappa shape index (κ1) is 41.3. The third-order valence-electron chi connectivity index (χ3n) is 11.0. The zero-order valence-electron chi connectivity index (χ0n) is 30.6. The second-order valence-electron chi connectivity index (χ2n) is 14.8. The van der Waals surface area contributed by atoms with Crippen molar-refractivity contribution in [3.63, 3.8) is 0 Å². The smallest absolute Gasteiger partial charge is 0.425 e. The predicted molar refractivity (Wildman–Crippen MR) is 191 cm³/mol. The zero-order valence-corrected chi connectivity index (χ0v) is 31.4. The standard InChI is InChI=1S/C39H43F6N3O7S/c1-2-7-30-37(55-26-22-31(56-23-26)39(43,44)45,13-6-17-48(30)34(51)33-28(38(40,41)42)9-5-16-46-33)35(52)47-18-14-36(53,15-19-47)27-8-3-4-10-29(27)54-25-12-11-24(20-25)21-32(49)50/h3-5,8-10,16,22-25,30,53H,2,6-7,11-15,17-21H2,1H3,(H,49,50). The molecule has 2 aromatic heterocycles. The first-order valence-corrected chi connectivity index (χ1v) is 19.5. The van der Waals surface area contributed by atoms with E-state index in [2.05, 4.69) is 4.98 Å². The number of ether oxygens (including phenoxy) is 2. The number of pyridine rings is 1. The van der Waals surface area contributed by atoms with E-state index < -0.39 is 63.5 Å². The maximum absolute atomic E-state index is 15.0. The van der Waals surface area contributed by atoms with Crippen molar-refractivity contribution in [2.24, 2.45) is 5.92 Å². The van der Waals surface area contributed by atoms with Gasteiger partial charge < -0.3 is 29.5 Å². The highest BCUT2D eigenvalue weighted by Gasteiger charge is 2.57. The molecule has 1 aromatic carbocycles. The number of amides is 2. The van der Waals surface area contributed by atoms with Crippen LogP contribution in [0, 0.1) is 5.92 Å². The maximum Gasteiger partial charge on any atom is 0.425 e. The van der Waals surface area contributed by atoms with Gasteiger partial charge in [0.25, 0.3) is 11.8 Å². The van der Waals surface area contributed by atoms with Gasteiger partial charge in [-0.3, -0.25) is 19.4 Å². The van der Waals surface area contributed by atoms with E-state index in [1.165, 1.54) is 4.90 Å². The number of carboxylic acids is 1. The van der Waals surface area contributed by atoms with Crippen molar-refractivity contribution in [3.05, 3.63) is 75.7 Å². The summed E-state index contributed by atoms with van der Waals surface area (Å²) in [6.45, 7) is 1.64. The van der Waals surface area contributed by atoms with E-state index in [0.29, 0.717) is 48.3 Å². The van der Waals surface area contributed by atoms with Crippen molar-refractivity contribution in [1.29, 1.82) is 0 Å². The van der Waals surface area contributed by atoms with Crippen molar-refractivity contribution < 1.29 is 60.4 Å². The number of carbonyl (C=O) groups excluding carboxylic acids is 2.